The number of hydrogen-bond acceptors (Lipinski definition) is 1. The van der Waals surface area contributed by atoms with Crippen LogP contribution in [0.15, 0.2) is 28.7 Å². The lowest BCUT2D eigenvalue weighted by molar-refractivity contribution is -0.00630. The molecule has 0 aromatic heterocycles. The summed E-state index contributed by atoms with van der Waals surface area (Å²) in [7, 11) is 1.79. The van der Waals surface area contributed by atoms with Crippen molar-refractivity contribution < 1.29 is 4.74 Å². The maximum atomic E-state index is 5.75. The Bertz CT molecular complexity index is 398. The molecule has 0 heterocycles. The van der Waals surface area contributed by atoms with E-state index in [1.807, 2.05) is 6.92 Å². The maximum absolute atomic E-state index is 5.75. The summed E-state index contributed by atoms with van der Waals surface area (Å²) in [6, 6.07) is 6.36. The molecule has 94 valence electrons. The van der Waals surface area contributed by atoms with Gasteiger partial charge in [-0.3, -0.25) is 0 Å². The number of benzene rings is 1. The Kier molecular flexibility index (Phi) is 5.41. The van der Waals surface area contributed by atoms with Crippen LogP contribution in [-0.2, 0) is 10.3 Å². The van der Waals surface area contributed by atoms with Gasteiger partial charge in [0.05, 0.1) is 5.60 Å². The van der Waals surface area contributed by atoms with Crippen molar-refractivity contribution in [2.24, 2.45) is 0 Å². The maximum Gasteiger partial charge on any atom is 0.0905 e. The van der Waals surface area contributed by atoms with Gasteiger partial charge in [0, 0.05) is 11.6 Å². The van der Waals surface area contributed by atoms with E-state index in [1.165, 1.54) is 11.1 Å². The number of methoxy groups -OCH3 is 1. The van der Waals surface area contributed by atoms with Crippen molar-refractivity contribution in [2.45, 2.75) is 39.2 Å². The van der Waals surface area contributed by atoms with E-state index >= 15 is 0 Å². The van der Waals surface area contributed by atoms with E-state index in [0.29, 0.717) is 0 Å². The number of allylic oxidation sites excluding steroid dienone is 1. The molecule has 0 saturated heterocycles. The lowest BCUT2D eigenvalue weighted by Crippen LogP contribution is -2.25. The SMILES string of the molecule is C/C=C\c1ccc(Br)cc1[C@](C)(CCC)OC. The van der Waals surface area contributed by atoms with Gasteiger partial charge in [0.25, 0.3) is 0 Å². The Morgan fingerprint density at radius 1 is 1.41 bits per heavy atom. The fourth-order valence-electron chi connectivity index (χ4n) is 2.14. The molecule has 0 aliphatic heterocycles. The van der Waals surface area contributed by atoms with Crippen LogP contribution in [0.25, 0.3) is 6.08 Å². The Morgan fingerprint density at radius 3 is 2.65 bits per heavy atom. The van der Waals surface area contributed by atoms with Gasteiger partial charge >= 0.3 is 0 Å². The largest absolute Gasteiger partial charge is 0.374 e. The Hall–Kier alpha value is -0.600. The van der Waals surface area contributed by atoms with Gasteiger partial charge in [-0.2, -0.15) is 0 Å². The fraction of sp³-hybridized carbons (Fsp3) is 0.467. The second-order valence-electron chi connectivity index (χ2n) is 4.42. The molecule has 0 saturated carbocycles. The van der Waals surface area contributed by atoms with E-state index in [4.69, 9.17) is 4.74 Å². The highest BCUT2D eigenvalue weighted by Crippen LogP contribution is 2.34. The van der Waals surface area contributed by atoms with Crippen LogP contribution >= 0.6 is 15.9 Å². The van der Waals surface area contributed by atoms with Crippen molar-refractivity contribution >= 4 is 22.0 Å². The first-order valence-electron chi connectivity index (χ1n) is 6.05. The molecular weight excluding hydrogens is 276 g/mol. The second-order valence-corrected chi connectivity index (χ2v) is 5.33. The van der Waals surface area contributed by atoms with Crippen molar-refractivity contribution in [3.8, 4) is 0 Å². The van der Waals surface area contributed by atoms with E-state index < -0.39 is 0 Å². The zero-order valence-corrected chi connectivity index (χ0v) is 12.7. The van der Waals surface area contributed by atoms with Crippen LogP contribution in [0.2, 0.25) is 0 Å². The molecule has 0 unspecified atom stereocenters. The minimum absolute atomic E-state index is 0.215. The van der Waals surface area contributed by atoms with Crippen LogP contribution in [0.3, 0.4) is 0 Å². The molecule has 0 spiro atoms. The zero-order chi connectivity index (χ0) is 12.9. The predicted octanol–water partition coefficient (Wildman–Crippen LogP) is 5.14. The Morgan fingerprint density at radius 2 is 2.12 bits per heavy atom. The fourth-order valence-corrected chi connectivity index (χ4v) is 2.50. The molecule has 1 rings (SSSR count). The van der Waals surface area contributed by atoms with Crippen molar-refractivity contribution in [1.82, 2.24) is 0 Å². The molecule has 0 bridgehead atoms. The summed E-state index contributed by atoms with van der Waals surface area (Å²) in [4.78, 5) is 0. The monoisotopic (exact) mass is 296 g/mol. The highest BCUT2D eigenvalue weighted by Gasteiger charge is 2.27. The standard InChI is InChI=1S/C15H21BrO/c1-5-7-12-8-9-13(16)11-14(12)15(3,17-4)10-6-2/h5,7-9,11H,6,10H2,1-4H3/b7-5-/t15-/m0/s1. The van der Waals surface area contributed by atoms with Gasteiger partial charge in [-0.15, -0.1) is 0 Å². The van der Waals surface area contributed by atoms with Crippen LogP contribution in [0.5, 0.6) is 0 Å². The van der Waals surface area contributed by atoms with E-state index in [2.05, 4.69) is 60.1 Å². The molecule has 0 amide bonds. The third-order valence-corrected chi connectivity index (χ3v) is 3.60. The van der Waals surface area contributed by atoms with Crippen molar-refractivity contribution in [3.63, 3.8) is 0 Å². The molecule has 17 heavy (non-hydrogen) atoms. The van der Waals surface area contributed by atoms with Crippen LogP contribution in [0.4, 0.5) is 0 Å². The van der Waals surface area contributed by atoms with Crippen LogP contribution in [0.1, 0.15) is 44.7 Å². The molecule has 1 atom stereocenters. The highest BCUT2D eigenvalue weighted by molar-refractivity contribution is 9.10. The van der Waals surface area contributed by atoms with E-state index in [-0.39, 0.29) is 5.60 Å². The number of rotatable bonds is 5. The molecule has 1 aromatic carbocycles. The summed E-state index contributed by atoms with van der Waals surface area (Å²) in [6.07, 6.45) is 6.32. The number of halogens is 1. The smallest absolute Gasteiger partial charge is 0.0905 e. The first-order chi connectivity index (χ1) is 8.07. The normalized spacial score (nSPS) is 15.1. The second kappa shape index (κ2) is 6.36. The molecule has 1 nitrogen and oxygen atoms in total. The summed E-state index contributed by atoms with van der Waals surface area (Å²) in [5.74, 6) is 0. The molecule has 0 aliphatic carbocycles. The summed E-state index contributed by atoms with van der Waals surface area (Å²) in [5.41, 5.74) is 2.26. The number of ether oxygens (including phenoxy) is 1. The third kappa shape index (κ3) is 3.43. The van der Waals surface area contributed by atoms with Crippen LogP contribution in [-0.4, -0.2) is 7.11 Å². The van der Waals surface area contributed by atoms with Gasteiger partial charge in [-0.05, 0) is 43.5 Å². The quantitative estimate of drug-likeness (QED) is 0.731. The van der Waals surface area contributed by atoms with Gasteiger partial charge < -0.3 is 4.74 Å². The van der Waals surface area contributed by atoms with Crippen molar-refractivity contribution in [2.75, 3.05) is 7.11 Å². The molecule has 0 radical (unpaired) electrons. The molecule has 1 aromatic rings. The number of hydrogen-bond donors (Lipinski definition) is 0. The Balaban J connectivity index is 3.29. The van der Waals surface area contributed by atoms with Gasteiger partial charge in [0.15, 0.2) is 0 Å². The first kappa shape index (κ1) is 14.5. The molecule has 0 N–H and O–H groups in total. The minimum atomic E-state index is -0.215. The van der Waals surface area contributed by atoms with Crippen molar-refractivity contribution in [1.29, 1.82) is 0 Å². The van der Waals surface area contributed by atoms with Gasteiger partial charge in [-0.1, -0.05) is 47.5 Å². The van der Waals surface area contributed by atoms with E-state index in [0.717, 1.165) is 17.3 Å². The third-order valence-electron chi connectivity index (χ3n) is 3.11. The lowest BCUT2D eigenvalue weighted by atomic mass is 9.87. The lowest BCUT2D eigenvalue weighted by Gasteiger charge is -2.30. The topological polar surface area (TPSA) is 9.23 Å². The van der Waals surface area contributed by atoms with E-state index in [1.54, 1.807) is 7.11 Å². The highest BCUT2D eigenvalue weighted by atomic mass is 79.9. The summed E-state index contributed by atoms with van der Waals surface area (Å²) < 4.78 is 6.85. The van der Waals surface area contributed by atoms with Gasteiger partial charge in [0.1, 0.15) is 0 Å². The summed E-state index contributed by atoms with van der Waals surface area (Å²) in [5, 5.41) is 0. The summed E-state index contributed by atoms with van der Waals surface area (Å²) in [6.45, 7) is 6.38. The molecule has 0 fully saturated rings. The minimum Gasteiger partial charge on any atom is -0.374 e. The van der Waals surface area contributed by atoms with E-state index in [9.17, 15) is 0 Å². The average molecular weight is 297 g/mol. The first-order valence-corrected chi connectivity index (χ1v) is 6.84. The van der Waals surface area contributed by atoms with Gasteiger partial charge in [-0.25, -0.2) is 0 Å². The van der Waals surface area contributed by atoms with Crippen LogP contribution < -0.4 is 0 Å². The summed E-state index contributed by atoms with van der Waals surface area (Å²) >= 11 is 3.54. The van der Waals surface area contributed by atoms with Crippen LogP contribution in [0, 0.1) is 0 Å². The molecule has 0 aliphatic rings. The predicted molar refractivity (Wildman–Crippen MR) is 78.1 cm³/mol. The molecular formula is C15H21BrO. The molecule has 2 heteroatoms. The van der Waals surface area contributed by atoms with Crippen molar-refractivity contribution in [3.05, 3.63) is 39.9 Å². The van der Waals surface area contributed by atoms with Gasteiger partial charge in [0.2, 0.25) is 0 Å². The Labute approximate surface area is 113 Å². The average Bonchev–Trinajstić information content (AvgIpc) is 2.32. The zero-order valence-electron chi connectivity index (χ0n) is 11.1.